The molecule has 0 aromatic heterocycles. The van der Waals surface area contributed by atoms with Crippen LogP contribution in [0.5, 0.6) is 0 Å². The maximum Gasteiger partial charge on any atom is 0.327 e. The monoisotopic (exact) mass is 411 g/mol. The van der Waals surface area contributed by atoms with Crippen molar-refractivity contribution in [3.8, 4) is 0 Å². The van der Waals surface area contributed by atoms with Crippen molar-refractivity contribution in [2.75, 3.05) is 6.61 Å². The van der Waals surface area contributed by atoms with Crippen molar-refractivity contribution < 1.29 is 27.9 Å². The van der Waals surface area contributed by atoms with Crippen molar-refractivity contribution in [1.82, 2.24) is 4.72 Å². The molecule has 2 N–H and O–H groups in total. The molecule has 0 saturated heterocycles. The average molecular weight is 412 g/mol. The number of aliphatic hydroxyl groups is 1. The van der Waals surface area contributed by atoms with Crippen LogP contribution in [-0.2, 0) is 19.6 Å². The molecule has 2 aromatic rings. The van der Waals surface area contributed by atoms with Crippen molar-refractivity contribution >= 4 is 33.4 Å². The van der Waals surface area contributed by atoms with E-state index in [2.05, 4.69) is 4.72 Å². The number of nitrogens with one attached hydrogen (secondary N) is 1. The normalized spacial score (nSPS) is 13.6. The first-order valence-corrected chi connectivity index (χ1v) is 9.77. The van der Waals surface area contributed by atoms with Crippen LogP contribution in [0.4, 0.5) is 0 Å². The average Bonchev–Trinajstić information content (AvgIpc) is 2.64. The van der Waals surface area contributed by atoms with Gasteiger partial charge >= 0.3 is 5.97 Å². The molecule has 2 atom stereocenters. The first-order chi connectivity index (χ1) is 12.7. The van der Waals surface area contributed by atoms with E-state index in [4.69, 9.17) is 16.3 Å². The molecule has 0 saturated carbocycles. The third-order valence-corrected chi connectivity index (χ3v) is 5.29. The molecule has 0 unspecified atom stereocenters. The molecule has 9 heteroatoms. The molecule has 0 radical (unpaired) electrons. The Morgan fingerprint density at radius 2 is 1.70 bits per heavy atom. The van der Waals surface area contributed by atoms with Gasteiger partial charge in [-0.15, -0.1) is 0 Å². The quantitative estimate of drug-likeness (QED) is 0.506. The van der Waals surface area contributed by atoms with Crippen molar-refractivity contribution in [1.29, 1.82) is 0 Å². The predicted octanol–water partition coefficient (Wildman–Crippen LogP) is 1.79. The standard InChI is InChI=1S/C18H18ClNO6S/c1-12(21)17(20-27(24,25)15-9-7-14(19)8-10-15)18(23)26-11-16(22)13-5-3-2-4-6-13/h2-10,12,17,20-21H,11H2,1H3/t12-,17+/m1/s1. The lowest BCUT2D eigenvalue weighted by molar-refractivity contribution is -0.147. The largest absolute Gasteiger partial charge is 0.456 e. The fraction of sp³-hybridized carbons (Fsp3) is 0.222. The van der Waals surface area contributed by atoms with Gasteiger partial charge in [0.2, 0.25) is 10.0 Å². The summed E-state index contributed by atoms with van der Waals surface area (Å²) < 4.78 is 31.7. The zero-order valence-corrected chi connectivity index (χ0v) is 15.9. The van der Waals surface area contributed by atoms with Gasteiger partial charge in [0, 0.05) is 10.6 Å². The van der Waals surface area contributed by atoms with Crippen LogP contribution < -0.4 is 4.72 Å². The topological polar surface area (TPSA) is 110 Å². The third kappa shape index (κ3) is 5.86. The molecule has 144 valence electrons. The lowest BCUT2D eigenvalue weighted by Crippen LogP contribution is -2.48. The summed E-state index contributed by atoms with van der Waals surface area (Å²) in [5.74, 6) is -1.51. The highest BCUT2D eigenvalue weighted by Gasteiger charge is 2.31. The summed E-state index contributed by atoms with van der Waals surface area (Å²) in [5.41, 5.74) is 0.348. The van der Waals surface area contributed by atoms with Crippen molar-refractivity contribution in [2.45, 2.75) is 24.0 Å². The number of carbonyl (C=O) groups excluding carboxylic acids is 2. The Kier molecular flexibility index (Phi) is 7.09. The second-order valence-corrected chi connectivity index (χ2v) is 7.84. The Balaban J connectivity index is 2.06. The Labute approximate surface area is 162 Å². The minimum absolute atomic E-state index is 0.134. The minimum Gasteiger partial charge on any atom is -0.456 e. The van der Waals surface area contributed by atoms with E-state index in [1.54, 1.807) is 30.3 Å². The lowest BCUT2D eigenvalue weighted by atomic mass is 10.1. The van der Waals surface area contributed by atoms with E-state index in [1.165, 1.54) is 31.2 Å². The number of benzene rings is 2. The van der Waals surface area contributed by atoms with Crippen LogP contribution in [0.2, 0.25) is 5.02 Å². The second-order valence-electron chi connectivity index (χ2n) is 5.69. The highest BCUT2D eigenvalue weighted by molar-refractivity contribution is 7.89. The molecule has 0 aliphatic carbocycles. The lowest BCUT2D eigenvalue weighted by Gasteiger charge is -2.20. The zero-order chi connectivity index (χ0) is 20.0. The van der Waals surface area contributed by atoms with Crippen LogP contribution in [-0.4, -0.2) is 44.0 Å². The van der Waals surface area contributed by atoms with E-state index in [0.717, 1.165) is 0 Å². The van der Waals surface area contributed by atoms with Crippen molar-refractivity contribution in [2.24, 2.45) is 0 Å². The van der Waals surface area contributed by atoms with Gasteiger partial charge in [0.1, 0.15) is 6.04 Å². The van der Waals surface area contributed by atoms with Crippen LogP contribution >= 0.6 is 11.6 Å². The van der Waals surface area contributed by atoms with Gasteiger partial charge in [0.05, 0.1) is 11.0 Å². The summed E-state index contributed by atoms with van der Waals surface area (Å²) in [6.45, 7) is 0.657. The zero-order valence-electron chi connectivity index (χ0n) is 14.3. The van der Waals surface area contributed by atoms with E-state index in [9.17, 15) is 23.1 Å². The van der Waals surface area contributed by atoms with E-state index in [1.807, 2.05) is 0 Å². The van der Waals surface area contributed by atoms with Gasteiger partial charge in [-0.3, -0.25) is 9.59 Å². The number of ketones is 1. The molecule has 0 amide bonds. The van der Waals surface area contributed by atoms with Gasteiger partial charge in [0.15, 0.2) is 12.4 Å². The van der Waals surface area contributed by atoms with Gasteiger partial charge in [0.25, 0.3) is 0 Å². The Bertz CT molecular complexity index is 897. The molecule has 27 heavy (non-hydrogen) atoms. The van der Waals surface area contributed by atoms with E-state index in [0.29, 0.717) is 10.6 Å². The predicted molar refractivity (Wildman–Crippen MR) is 99.0 cm³/mol. The minimum atomic E-state index is -4.11. The first kappa shape index (κ1) is 21.0. The van der Waals surface area contributed by atoms with Crippen molar-refractivity contribution in [3.05, 3.63) is 65.2 Å². The Morgan fingerprint density at radius 1 is 1.11 bits per heavy atom. The summed E-state index contributed by atoms with van der Waals surface area (Å²) in [5, 5.41) is 10.1. The van der Waals surface area contributed by atoms with Crippen LogP contribution in [0.15, 0.2) is 59.5 Å². The molecular formula is C18H18ClNO6S. The number of Topliss-reactive ketones (excluding diaryl/α,β-unsaturated/α-hetero) is 1. The highest BCUT2D eigenvalue weighted by atomic mass is 35.5. The van der Waals surface area contributed by atoms with Crippen LogP contribution in [0.1, 0.15) is 17.3 Å². The van der Waals surface area contributed by atoms with E-state index < -0.39 is 40.5 Å². The summed E-state index contributed by atoms with van der Waals surface area (Å²) in [4.78, 5) is 24.1. The van der Waals surface area contributed by atoms with Gasteiger partial charge in [-0.05, 0) is 31.2 Å². The molecule has 0 aliphatic heterocycles. The number of rotatable bonds is 8. The molecule has 2 rings (SSSR count). The molecule has 0 heterocycles. The van der Waals surface area contributed by atoms with Crippen LogP contribution in [0.3, 0.4) is 0 Å². The van der Waals surface area contributed by atoms with Gasteiger partial charge in [-0.25, -0.2) is 8.42 Å². The number of ether oxygens (including phenoxy) is 1. The number of hydrogen-bond acceptors (Lipinski definition) is 6. The summed E-state index contributed by atoms with van der Waals surface area (Å²) >= 11 is 5.73. The number of aliphatic hydroxyl groups excluding tert-OH is 1. The van der Waals surface area contributed by atoms with Crippen LogP contribution in [0.25, 0.3) is 0 Å². The van der Waals surface area contributed by atoms with E-state index >= 15 is 0 Å². The summed E-state index contributed by atoms with van der Waals surface area (Å²) in [6, 6.07) is 11.9. The third-order valence-electron chi connectivity index (χ3n) is 3.58. The molecule has 0 aliphatic rings. The molecule has 0 fully saturated rings. The molecule has 0 spiro atoms. The SMILES string of the molecule is C[C@@H](O)[C@H](NS(=O)(=O)c1ccc(Cl)cc1)C(=O)OCC(=O)c1ccccc1. The fourth-order valence-electron chi connectivity index (χ4n) is 2.13. The highest BCUT2D eigenvalue weighted by Crippen LogP contribution is 2.15. The number of carbonyl (C=O) groups is 2. The maximum atomic E-state index is 12.4. The fourth-order valence-corrected chi connectivity index (χ4v) is 3.51. The summed E-state index contributed by atoms with van der Waals surface area (Å²) in [7, 11) is -4.11. The Hall–Kier alpha value is -2.26. The number of sulfonamides is 1. The molecule has 2 aromatic carbocycles. The van der Waals surface area contributed by atoms with Gasteiger partial charge in [-0.1, -0.05) is 41.9 Å². The molecule has 0 bridgehead atoms. The Morgan fingerprint density at radius 3 is 2.26 bits per heavy atom. The summed E-state index contributed by atoms with van der Waals surface area (Å²) in [6.07, 6.45) is -1.38. The van der Waals surface area contributed by atoms with E-state index in [-0.39, 0.29) is 4.90 Å². The first-order valence-electron chi connectivity index (χ1n) is 7.91. The number of halogens is 1. The molecule has 7 nitrogen and oxygen atoms in total. The second kappa shape index (κ2) is 9.09. The number of esters is 1. The molecular weight excluding hydrogens is 394 g/mol. The van der Waals surface area contributed by atoms with Gasteiger partial charge in [-0.2, -0.15) is 4.72 Å². The van der Waals surface area contributed by atoms with Crippen molar-refractivity contribution in [3.63, 3.8) is 0 Å². The smallest absolute Gasteiger partial charge is 0.327 e. The maximum absolute atomic E-state index is 12.4. The number of hydrogen-bond donors (Lipinski definition) is 2. The van der Waals surface area contributed by atoms with Crippen LogP contribution in [0, 0.1) is 0 Å². The van der Waals surface area contributed by atoms with Gasteiger partial charge < -0.3 is 9.84 Å².